The van der Waals surface area contributed by atoms with Gasteiger partial charge in [-0.25, -0.2) is 0 Å². The molecule has 1 amide bonds. The van der Waals surface area contributed by atoms with E-state index in [-0.39, 0.29) is 5.91 Å². The van der Waals surface area contributed by atoms with Gasteiger partial charge >= 0.3 is 0 Å². The summed E-state index contributed by atoms with van der Waals surface area (Å²) >= 11 is 0. The highest BCUT2D eigenvalue weighted by atomic mass is 16.5. The summed E-state index contributed by atoms with van der Waals surface area (Å²) in [7, 11) is 1.58. The number of methoxy groups -OCH3 is 1. The van der Waals surface area contributed by atoms with E-state index in [2.05, 4.69) is 5.32 Å². The highest BCUT2D eigenvalue weighted by Gasteiger charge is 2.11. The Morgan fingerprint density at radius 3 is 2.52 bits per heavy atom. The first-order valence-corrected chi connectivity index (χ1v) is 7.37. The molecule has 0 saturated heterocycles. The number of hydrogen-bond donors (Lipinski definition) is 1. The van der Waals surface area contributed by atoms with Crippen LogP contribution >= 0.6 is 0 Å². The minimum Gasteiger partial charge on any atom is -0.495 e. The van der Waals surface area contributed by atoms with E-state index in [0.29, 0.717) is 17.0 Å². The number of nitrogens with zero attached hydrogens (tertiary/aromatic N) is 1. The number of nitrogens with one attached hydrogen (secondary N) is 1. The molecule has 1 heterocycles. The molecule has 1 N–H and O–H groups in total. The van der Waals surface area contributed by atoms with Crippen LogP contribution in [0.1, 0.15) is 15.9 Å². The fourth-order valence-corrected chi connectivity index (χ4v) is 2.47. The Morgan fingerprint density at radius 2 is 1.78 bits per heavy atom. The third-order valence-corrected chi connectivity index (χ3v) is 3.71. The molecule has 2 aromatic carbocycles. The number of ether oxygens (including phenoxy) is 1. The third kappa shape index (κ3) is 3.11. The summed E-state index contributed by atoms with van der Waals surface area (Å²) in [5.74, 6) is 0.474. The smallest absolute Gasteiger partial charge is 0.255 e. The minimum atomic E-state index is -0.164. The summed E-state index contributed by atoms with van der Waals surface area (Å²) < 4.78 is 7.26. The van der Waals surface area contributed by atoms with Crippen molar-refractivity contribution < 1.29 is 9.53 Å². The largest absolute Gasteiger partial charge is 0.495 e. The molecule has 1 aromatic heterocycles. The van der Waals surface area contributed by atoms with Crippen molar-refractivity contribution >= 4 is 11.6 Å². The molecule has 0 aliphatic carbocycles. The molecule has 4 heteroatoms. The predicted octanol–water partition coefficient (Wildman–Crippen LogP) is 4.05. The average Bonchev–Trinajstić information content (AvgIpc) is 3.10. The summed E-state index contributed by atoms with van der Waals surface area (Å²) in [4.78, 5) is 12.5. The maximum Gasteiger partial charge on any atom is 0.255 e. The molecule has 4 nitrogen and oxygen atoms in total. The van der Waals surface area contributed by atoms with Gasteiger partial charge in [0.05, 0.1) is 12.8 Å². The third-order valence-electron chi connectivity index (χ3n) is 3.71. The van der Waals surface area contributed by atoms with Gasteiger partial charge in [0.2, 0.25) is 0 Å². The number of carbonyl (C=O) groups is 1. The molecule has 3 rings (SSSR count). The molecule has 0 unspecified atom stereocenters. The SMILES string of the molecule is COc1ccccc1NC(=O)c1ccc(C)c(-n2cccc2)c1. The number of benzene rings is 2. The quantitative estimate of drug-likeness (QED) is 0.790. The van der Waals surface area contributed by atoms with Gasteiger partial charge in [0.25, 0.3) is 5.91 Å². The first kappa shape index (κ1) is 14.9. The van der Waals surface area contributed by atoms with E-state index >= 15 is 0 Å². The molecule has 0 saturated carbocycles. The van der Waals surface area contributed by atoms with Gasteiger partial charge in [0, 0.05) is 23.6 Å². The number of anilines is 1. The van der Waals surface area contributed by atoms with Crippen LogP contribution in [0.3, 0.4) is 0 Å². The Balaban J connectivity index is 1.90. The number of aromatic nitrogens is 1. The standard InChI is InChI=1S/C19H18N2O2/c1-14-9-10-15(13-17(14)21-11-5-6-12-21)19(22)20-16-7-3-4-8-18(16)23-2/h3-13H,1-2H3,(H,20,22). The van der Waals surface area contributed by atoms with E-state index < -0.39 is 0 Å². The van der Waals surface area contributed by atoms with Gasteiger partial charge in [-0.15, -0.1) is 0 Å². The highest BCUT2D eigenvalue weighted by molar-refractivity contribution is 6.05. The molecule has 0 atom stereocenters. The lowest BCUT2D eigenvalue weighted by Crippen LogP contribution is -2.13. The van der Waals surface area contributed by atoms with E-state index in [1.165, 1.54) is 0 Å². The molecule has 0 aliphatic heterocycles. The average molecular weight is 306 g/mol. The Bertz CT molecular complexity index is 823. The number of amides is 1. The van der Waals surface area contributed by atoms with Gasteiger partial charge in [0.15, 0.2) is 0 Å². The lowest BCUT2D eigenvalue weighted by molar-refractivity contribution is 0.102. The molecular weight excluding hydrogens is 288 g/mol. The predicted molar refractivity (Wildman–Crippen MR) is 91.5 cm³/mol. The fraction of sp³-hybridized carbons (Fsp3) is 0.105. The maximum atomic E-state index is 12.5. The second-order valence-electron chi connectivity index (χ2n) is 5.25. The second kappa shape index (κ2) is 6.40. The summed E-state index contributed by atoms with van der Waals surface area (Å²) in [6.45, 7) is 2.03. The van der Waals surface area contributed by atoms with Crippen LogP contribution in [-0.2, 0) is 0 Å². The highest BCUT2D eigenvalue weighted by Crippen LogP contribution is 2.24. The normalized spacial score (nSPS) is 10.3. The Morgan fingerprint density at radius 1 is 1.04 bits per heavy atom. The summed E-state index contributed by atoms with van der Waals surface area (Å²) in [6, 6.07) is 16.9. The Kier molecular flexibility index (Phi) is 4.15. The van der Waals surface area contributed by atoms with E-state index in [1.807, 2.05) is 78.5 Å². The van der Waals surface area contributed by atoms with Gasteiger partial charge < -0.3 is 14.6 Å². The molecule has 0 aliphatic rings. The first-order chi connectivity index (χ1) is 11.2. The van der Waals surface area contributed by atoms with Crippen LogP contribution in [0.25, 0.3) is 5.69 Å². The molecule has 116 valence electrons. The van der Waals surface area contributed by atoms with Crippen LogP contribution in [0.4, 0.5) is 5.69 Å². The van der Waals surface area contributed by atoms with Crippen molar-refractivity contribution in [1.82, 2.24) is 4.57 Å². The van der Waals surface area contributed by atoms with E-state index in [1.54, 1.807) is 7.11 Å². The first-order valence-electron chi connectivity index (χ1n) is 7.37. The number of carbonyl (C=O) groups excluding carboxylic acids is 1. The van der Waals surface area contributed by atoms with Gasteiger partial charge in [-0.3, -0.25) is 4.79 Å². The van der Waals surface area contributed by atoms with Gasteiger partial charge in [-0.1, -0.05) is 18.2 Å². The topological polar surface area (TPSA) is 43.3 Å². The van der Waals surface area contributed by atoms with E-state index in [4.69, 9.17) is 4.74 Å². The lowest BCUT2D eigenvalue weighted by atomic mass is 10.1. The lowest BCUT2D eigenvalue weighted by Gasteiger charge is -2.12. The number of rotatable bonds is 4. The maximum absolute atomic E-state index is 12.5. The minimum absolute atomic E-state index is 0.164. The zero-order valence-corrected chi connectivity index (χ0v) is 13.1. The molecule has 0 spiro atoms. The molecule has 23 heavy (non-hydrogen) atoms. The van der Waals surface area contributed by atoms with Crippen LogP contribution in [0, 0.1) is 6.92 Å². The Hall–Kier alpha value is -3.01. The fourth-order valence-electron chi connectivity index (χ4n) is 2.47. The van der Waals surface area contributed by atoms with Crippen molar-refractivity contribution in [3.63, 3.8) is 0 Å². The molecule has 3 aromatic rings. The van der Waals surface area contributed by atoms with E-state index in [0.717, 1.165) is 11.3 Å². The monoisotopic (exact) mass is 306 g/mol. The molecule has 0 bridgehead atoms. The van der Waals surface area contributed by atoms with Crippen LogP contribution in [0.15, 0.2) is 67.0 Å². The van der Waals surface area contributed by atoms with Crippen molar-refractivity contribution in [3.05, 3.63) is 78.1 Å². The van der Waals surface area contributed by atoms with Crippen LogP contribution < -0.4 is 10.1 Å². The van der Waals surface area contributed by atoms with Crippen LogP contribution in [0.5, 0.6) is 5.75 Å². The second-order valence-corrected chi connectivity index (χ2v) is 5.25. The Labute approximate surface area is 135 Å². The van der Waals surface area contributed by atoms with Crippen molar-refractivity contribution in [1.29, 1.82) is 0 Å². The van der Waals surface area contributed by atoms with Crippen LogP contribution in [0.2, 0.25) is 0 Å². The number of hydrogen-bond acceptors (Lipinski definition) is 2. The zero-order chi connectivity index (χ0) is 16.2. The van der Waals surface area contributed by atoms with Crippen molar-refractivity contribution in [2.24, 2.45) is 0 Å². The number of para-hydroxylation sites is 2. The molecular formula is C19H18N2O2. The van der Waals surface area contributed by atoms with E-state index in [9.17, 15) is 4.79 Å². The van der Waals surface area contributed by atoms with Gasteiger partial charge in [-0.2, -0.15) is 0 Å². The number of aryl methyl sites for hydroxylation is 1. The molecule has 0 radical (unpaired) electrons. The summed E-state index contributed by atoms with van der Waals surface area (Å²) in [5, 5.41) is 2.90. The van der Waals surface area contributed by atoms with Crippen molar-refractivity contribution in [3.8, 4) is 11.4 Å². The van der Waals surface area contributed by atoms with Crippen molar-refractivity contribution in [2.75, 3.05) is 12.4 Å². The van der Waals surface area contributed by atoms with Crippen molar-refractivity contribution in [2.45, 2.75) is 6.92 Å². The van der Waals surface area contributed by atoms with Crippen LogP contribution in [-0.4, -0.2) is 17.6 Å². The van der Waals surface area contributed by atoms with Gasteiger partial charge in [0.1, 0.15) is 5.75 Å². The molecule has 0 fully saturated rings. The zero-order valence-electron chi connectivity index (χ0n) is 13.1. The van der Waals surface area contributed by atoms with Gasteiger partial charge in [-0.05, 0) is 48.9 Å². The summed E-state index contributed by atoms with van der Waals surface area (Å²) in [6.07, 6.45) is 3.93. The summed E-state index contributed by atoms with van der Waals surface area (Å²) in [5.41, 5.74) is 3.35.